The van der Waals surface area contributed by atoms with Gasteiger partial charge < -0.3 is 24.4 Å². The minimum atomic E-state index is -0.103. The fourth-order valence-corrected chi connectivity index (χ4v) is 5.44. The Balaban J connectivity index is 1.39. The van der Waals surface area contributed by atoms with Crippen molar-refractivity contribution in [3.05, 3.63) is 46.6 Å². The van der Waals surface area contributed by atoms with Crippen molar-refractivity contribution in [1.29, 1.82) is 0 Å². The molecule has 1 amide bonds. The molecule has 1 saturated heterocycles. The fourth-order valence-electron chi connectivity index (χ4n) is 5.44. The number of carbonyl (C=O) groups is 1. The van der Waals surface area contributed by atoms with Crippen molar-refractivity contribution in [2.45, 2.75) is 96.4 Å². The van der Waals surface area contributed by atoms with E-state index in [-0.39, 0.29) is 23.4 Å². The van der Waals surface area contributed by atoms with E-state index in [0.29, 0.717) is 48.9 Å². The van der Waals surface area contributed by atoms with Crippen LogP contribution in [0.2, 0.25) is 0 Å². The summed E-state index contributed by atoms with van der Waals surface area (Å²) >= 11 is 0. The van der Waals surface area contributed by atoms with E-state index in [9.17, 15) is 4.79 Å². The van der Waals surface area contributed by atoms with Crippen molar-refractivity contribution in [3.8, 4) is 11.9 Å². The average molecular weight is 525 g/mol. The zero-order chi connectivity index (χ0) is 27.3. The highest BCUT2D eigenvalue weighted by Gasteiger charge is 2.31. The number of benzene rings is 1. The van der Waals surface area contributed by atoms with Crippen LogP contribution in [0.3, 0.4) is 0 Å². The molecule has 4 rings (SSSR count). The quantitative estimate of drug-likeness (QED) is 0.530. The van der Waals surface area contributed by atoms with Crippen LogP contribution in [0.1, 0.15) is 86.5 Å². The summed E-state index contributed by atoms with van der Waals surface area (Å²) < 4.78 is 17.1. The van der Waals surface area contributed by atoms with Gasteiger partial charge in [0, 0.05) is 37.8 Å². The van der Waals surface area contributed by atoms with Gasteiger partial charge in [-0.1, -0.05) is 57.9 Å². The number of aromatic nitrogens is 2. The summed E-state index contributed by atoms with van der Waals surface area (Å²) in [4.78, 5) is 24.2. The molecular formula is C30H44N4O4. The number of likely N-dealkylation sites (tertiary alicyclic amines) is 1. The molecule has 2 fully saturated rings. The van der Waals surface area contributed by atoms with E-state index in [2.05, 4.69) is 60.3 Å². The number of rotatable bonds is 8. The van der Waals surface area contributed by atoms with Gasteiger partial charge in [0.2, 0.25) is 5.88 Å². The molecule has 1 aliphatic carbocycles. The van der Waals surface area contributed by atoms with E-state index in [4.69, 9.17) is 14.2 Å². The third kappa shape index (κ3) is 6.83. The summed E-state index contributed by atoms with van der Waals surface area (Å²) in [6, 6.07) is 9.33. The Kier molecular flexibility index (Phi) is 9.26. The molecule has 208 valence electrons. The molecule has 2 atom stereocenters. The lowest BCUT2D eigenvalue weighted by atomic mass is 9.87. The van der Waals surface area contributed by atoms with Crippen molar-refractivity contribution in [2.75, 3.05) is 27.3 Å². The van der Waals surface area contributed by atoms with Crippen molar-refractivity contribution < 1.29 is 19.0 Å². The maximum absolute atomic E-state index is 13.5. The summed E-state index contributed by atoms with van der Waals surface area (Å²) in [5, 5.41) is 3.81. The van der Waals surface area contributed by atoms with Gasteiger partial charge >= 0.3 is 6.01 Å². The topological polar surface area (TPSA) is 85.8 Å². The molecule has 1 saturated carbocycles. The molecule has 0 spiro atoms. The zero-order valence-electron chi connectivity index (χ0n) is 23.9. The third-order valence-electron chi connectivity index (χ3n) is 7.90. The second kappa shape index (κ2) is 12.4. The van der Waals surface area contributed by atoms with Crippen molar-refractivity contribution in [1.82, 2.24) is 20.2 Å². The Bertz CT molecular complexity index is 1070. The van der Waals surface area contributed by atoms with Crippen LogP contribution in [-0.2, 0) is 16.8 Å². The summed E-state index contributed by atoms with van der Waals surface area (Å²) in [6.07, 6.45) is 6.86. The average Bonchev–Trinajstić information content (AvgIpc) is 2.92. The van der Waals surface area contributed by atoms with Crippen molar-refractivity contribution in [3.63, 3.8) is 0 Å². The number of amides is 1. The van der Waals surface area contributed by atoms with E-state index in [1.54, 1.807) is 0 Å². The van der Waals surface area contributed by atoms with Crippen LogP contribution >= 0.6 is 0 Å². The Morgan fingerprint density at radius 3 is 2.34 bits per heavy atom. The van der Waals surface area contributed by atoms with Crippen LogP contribution < -0.4 is 14.8 Å². The van der Waals surface area contributed by atoms with Crippen LogP contribution in [0.4, 0.5) is 0 Å². The molecule has 1 N–H and O–H groups in total. The minimum absolute atomic E-state index is 0.0952. The molecule has 38 heavy (non-hydrogen) atoms. The first-order valence-electron chi connectivity index (χ1n) is 13.9. The third-order valence-corrected chi connectivity index (χ3v) is 7.90. The van der Waals surface area contributed by atoms with Gasteiger partial charge in [0.1, 0.15) is 12.3 Å². The van der Waals surface area contributed by atoms with Crippen LogP contribution in [0, 0.1) is 6.92 Å². The van der Waals surface area contributed by atoms with E-state index in [1.807, 2.05) is 18.9 Å². The summed E-state index contributed by atoms with van der Waals surface area (Å²) in [7, 11) is 3.31. The van der Waals surface area contributed by atoms with E-state index in [0.717, 1.165) is 31.2 Å². The fraction of sp³-hybridized carbons (Fsp3) is 0.633. The van der Waals surface area contributed by atoms with Gasteiger partial charge in [-0.05, 0) is 49.1 Å². The first kappa shape index (κ1) is 28.3. The maximum atomic E-state index is 13.5. The lowest BCUT2D eigenvalue weighted by Gasteiger charge is -2.38. The molecule has 0 radical (unpaired) electrons. The van der Waals surface area contributed by atoms with E-state index >= 15 is 0 Å². The second-order valence-corrected chi connectivity index (χ2v) is 11.6. The number of nitrogens with one attached hydrogen (secondary N) is 1. The molecule has 2 aromatic rings. The molecule has 8 heteroatoms. The molecule has 1 aliphatic heterocycles. The van der Waals surface area contributed by atoms with Gasteiger partial charge in [0.15, 0.2) is 0 Å². The second-order valence-electron chi connectivity index (χ2n) is 11.6. The monoisotopic (exact) mass is 524 g/mol. The van der Waals surface area contributed by atoms with Gasteiger partial charge in [0.05, 0.1) is 13.2 Å². The molecule has 1 aromatic heterocycles. The maximum Gasteiger partial charge on any atom is 0.320 e. The Morgan fingerprint density at radius 2 is 1.71 bits per heavy atom. The number of hydrogen-bond acceptors (Lipinski definition) is 7. The minimum Gasteiger partial charge on any atom is -0.472 e. The van der Waals surface area contributed by atoms with Crippen LogP contribution in [0.25, 0.3) is 0 Å². The summed E-state index contributed by atoms with van der Waals surface area (Å²) in [5.41, 5.74) is 3.37. The van der Waals surface area contributed by atoms with Crippen molar-refractivity contribution in [2.24, 2.45) is 0 Å². The Labute approximate surface area is 227 Å². The number of carbonyl (C=O) groups excluding carboxylic acids is 1. The molecule has 0 unspecified atom stereocenters. The van der Waals surface area contributed by atoms with Gasteiger partial charge in [-0.15, -0.1) is 0 Å². The first-order chi connectivity index (χ1) is 18.2. The predicted molar refractivity (Wildman–Crippen MR) is 148 cm³/mol. The summed E-state index contributed by atoms with van der Waals surface area (Å²) in [6.45, 7) is 10.1. The van der Waals surface area contributed by atoms with Gasteiger partial charge in [0.25, 0.3) is 5.91 Å². The standard InChI is InChI=1S/C30H44N4O4/c1-20-26(28(35)34-17-15-23(16-18-34)31-24-9-7-8-10-25(24)36-5)32-29(37-6)33-27(20)38-19-21-11-13-22(14-12-21)30(2,3)4/h11-14,23-25,31H,7-10,15-19H2,1-6H3/t24-,25+/m1/s1. The Hall–Kier alpha value is -2.71. The normalized spacial score (nSPS) is 20.8. The van der Waals surface area contributed by atoms with Crippen LogP contribution in [-0.4, -0.2) is 66.3 Å². The van der Waals surface area contributed by atoms with Gasteiger partial charge in [-0.3, -0.25) is 4.79 Å². The van der Waals surface area contributed by atoms with Crippen LogP contribution in [0.15, 0.2) is 24.3 Å². The lowest BCUT2D eigenvalue weighted by molar-refractivity contribution is 0.0329. The predicted octanol–water partition coefficient (Wildman–Crippen LogP) is 4.82. The number of hydrogen-bond donors (Lipinski definition) is 1. The van der Waals surface area contributed by atoms with E-state index in [1.165, 1.54) is 25.5 Å². The molecule has 0 bridgehead atoms. The summed E-state index contributed by atoms with van der Waals surface area (Å²) in [5.74, 6) is 0.271. The zero-order valence-corrected chi connectivity index (χ0v) is 23.9. The largest absolute Gasteiger partial charge is 0.472 e. The highest BCUT2D eigenvalue weighted by molar-refractivity contribution is 5.94. The van der Waals surface area contributed by atoms with E-state index < -0.39 is 0 Å². The highest BCUT2D eigenvalue weighted by atomic mass is 16.5. The molecule has 1 aromatic carbocycles. The molecule has 2 aliphatic rings. The first-order valence-corrected chi connectivity index (χ1v) is 13.9. The SMILES string of the molecule is COc1nc(OCc2ccc(C(C)(C)C)cc2)c(C)c(C(=O)N2CCC(N[C@@H]3CCCC[C@@H]3OC)CC2)n1. The highest BCUT2D eigenvalue weighted by Crippen LogP contribution is 2.27. The van der Waals surface area contributed by atoms with Gasteiger partial charge in [-0.25, -0.2) is 0 Å². The number of piperidine rings is 1. The molecule has 8 nitrogen and oxygen atoms in total. The molecular weight excluding hydrogens is 480 g/mol. The van der Waals surface area contributed by atoms with Crippen molar-refractivity contribution >= 4 is 5.91 Å². The molecule has 2 heterocycles. The van der Waals surface area contributed by atoms with Gasteiger partial charge in [-0.2, -0.15) is 9.97 Å². The smallest absolute Gasteiger partial charge is 0.320 e. The number of ether oxygens (including phenoxy) is 3. The number of nitrogens with zero attached hydrogens (tertiary/aromatic N) is 3. The van der Waals surface area contributed by atoms with Crippen LogP contribution in [0.5, 0.6) is 11.9 Å². The number of methoxy groups -OCH3 is 2. The Morgan fingerprint density at radius 1 is 1.03 bits per heavy atom. The lowest BCUT2D eigenvalue weighted by Crippen LogP contribution is -2.52.